The number of anilines is 12. The highest BCUT2D eigenvalue weighted by atomic mass is 16.3. The van der Waals surface area contributed by atoms with E-state index in [0.29, 0.717) is 0 Å². The quantitative estimate of drug-likeness (QED) is 0.142. The Kier molecular flexibility index (Phi) is 11.0. The summed E-state index contributed by atoms with van der Waals surface area (Å²) in [6.07, 6.45) is 2.27. The summed E-state index contributed by atoms with van der Waals surface area (Å²) in [5, 5.41) is 4.65. The number of furan rings is 1. The number of hydrogen-bond acceptors (Lipinski definition) is 5. The minimum atomic E-state index is -0.143. The maximum Gasteiger partial charge on any atom is 0.254 e. The van der Waals surface area contributed by atoms with E-state index in [-0.39, 0.29) is 17.5 Å². The molecule has 0 atom stereocenters. The van der Waals surface area contributed by atoms with Gasteiger partial charge in [-0.15, -0.1) is 0 Å². The summed E-state index contributed by atoms with van der Waals surface area (Å²) in [6, 6.07) is 91.4. The van der Waals surface area contributed by atoms with Crippen molar-refractivity contribution in [1.82, 2.24) is 4.40 Å². The largest absolute Gasteiger partial charge is 0.454 e. The lowest BCUT2D eigenvalue weighted by molar-refractivity contribution is 0.590. The number of rotatable bonds is 8. The Bertz CT molecular complexity index is 4530. The minimum Gasteiger partial charge on any atom is -0.454 e. The first-order chi connectivity index (χ1) is 39.5. The molecule has 2 aliphatic rings. The Morgan fingerprint density at radius 1 is 0.395 bits per heavy atom. The van der Waals surface area contributed by atoms with Crippen LogP contribution in [0.1, 0.15) is 52.7 Å². The van der Waals surface area contributed by atoms with Gasteiger partial charge in [0, 0.05) is 79.1 Å². The first-order valence-electron chi connectivity index (χ1n) is 28.3. The molecule has 7 heteroatoms. The van der Waals surface area contributed by atoms with Crippen molar-refractivity contribution in [3.63, 3.8) is 0 Å². The lowest BCUT2D eigenvalue weighted by atomic mass is 9.34. The fraction of sp³-hybridized carbons (Fsp3) is 0.108. The summed E-state index contributed by atoms with van der Waals surface area (Å²) in [7, 11) is 0. The van der Waals surface area contributed by atoms with Crippen LogP contribution in [0.5, 0.6) is 0 Å². The van der Waals surface area contributed by atoms with Gasteiger partial charge in [-0.3, -0.25) is 4.90 Å². The number of aromatic nitrogens is 1. The van der Waals surface area contributed by atoms with Crippen molar-refractivity contribution in [2.75, 3.05) is 19.6 Å². The number of fused-ring (bicyclic) bond motifs is 10. The van der Waals surface area contributed by atoms with Gasteiger partial charge in [0.1, 0.15) is 11.4 Å². The zero-order chi connectivity index (χ0) is 54.7. The van der Waals surface area contributed by atoms with Gasteiger partial charge in [0.2, 0.25) is 0 Å². The highest BCUT2D eigenvalue weighted by molar-refractivity contribution is 7.00. The molecule has 6 nitrogen and oxygen atoms in total. The van der Waals surface area contributed by atoms with Crippen LogP contribution in [0.2, 0.25) is 0 Å². The summed E-state index contributed by atoms with van der Waals surface area (Å²) in [6.45, 7) is 13.7. The van der Waals surface area contributed by atoms with Crippen molar-refractivity contribution in [3.8, 4) is 0 Å². The van der Waals surface area contributed by atoms with Crippen LogP contribution in [0.15, 0.2) is 259 Å². The van der Waals surface area contributed by atoms with Crippen LogP contribution >= 0.6 is 0 Å². The molecule has 0 fully saturated rings. The average molecular weight is 1050 g/mol. The zero-order valence-corrected chi connectivity index (χ0v) is 46.5. The Morgan fingerprint density at radius 2 is 0.975 bits per heavy atom. The van der Waals surface area contributed by atoms with E-state index in [4.69, 9.17) is 4.42 Å². The molecule has 390 valence electrons. The SMILES string of the molecule is CC(C)(C)c1ccc(N(c2ccc3c(c2)N(c2cccc4c2oc2ccccc24)c2cccc4c2B3c2cc3cc(N(c5ccccc5)c5ccccc5)ccn3c2N4c2ccccc2)c2ccc(C(C)(C)C)c3ccccc23)cc1. The number of nitrogens with zero attached hydrogens (tertiary/aromatic N) is 5. The van der Waals surface area contributed by atoms with Gasteiger partial charge in [-0.1, -0.05) is 181 Å². The van der Waals surface area contributed by atoms with Gasteiger partial charge in [0.25, 0.3) is 6.71 Å². The van der Waals surface area contributed by atoms with Crippen LogP contribution < -0.4 is 36.0 Å². The molecule has 81 heavy (non-hydrogen) atoms. The van der Waals surface area contributed by atoms with Crippen molar-refractivity contribution < 1.29 is 4.42 Å². The highest BCUT2D eigenvalue weighted by Gasteiger charge is 2.45. The molecule has 0 unspecified atom stereocenters. The van der Waals surface area contributed by atoms with Crippen LogP contribution in [-0.4, -0.2) is 11.1 Å². The molecule has 15 rings (SSSR count). The average Bonchev–Trinajstić information content (AvgIpc) is 3.94. The molecule has 0 radical (unpaired) electrons. The number of para-hydroxylation sites is 5. The lowest BCUT2D eigenvalue weighted by Crippen LogP contribution is -2.61. The molecule has 0 aliphatic carbocycles. The van der Waals surface area contributed by atoms with Crippen LogP contribution in [0.3, 0.4) is 0 Å². The number of benzene rings is 10. The third kappa shape index (κ3) is 7.78. The monoisotopic (exact) mass is 1050 g/mol. The topological polar surface area (TPSA) is 30.5 Å². The van der Waals surface area contributed by atoms with E-state index in [1.165, 1.54) is 38.3 Å². The lowest BCUT2D eigenvalue weighted by Gasteiger charge is -2.43. The van der Waals surface area contributed by atoms with Crippen LogP contribution in [0.4, 0.5) is 68.4 Å². The Labute approximate surface area is 474 Å². The van der Waals surface area contributed by atoms with Crippen molar-refractivity contribution in [2.45, 2.75) is 52.4 Å². The molecule has 0 bridgehead atoms. The smallest absolute Gasteiger partial charge is 0.254 e. The number of hydrogen-bond donors (Lipinski definition) is 0. The van der Waals surface area contributed by atoms with Gasteiger partial charge in [-0.2, -0.15) is 0 Å². The van der Waals surface area contributed by atoms with Gasteiger partial charge in [0.15, 0.2) is 5.58 Å². The summed E-state index contributed by atoms with van der Waals surface area (Å²) in [4.78, 5) is 9.82. The number of pyridine rings is 1. The standard InChI is InChI=1S/C74H60BN5O/c1-73(2,3)49-36-38-53(39-37-49)78(64-43-41-61(74(4,5)6)57-28-16-17-29-58(57)64)54-40-42-62-68(48-54)80(67-34-20-31-60-59-30-18-19-35-69(59)81-71(60)67)66-33-21-32-65-70(66)75(62)63-47-56-46-55(44-45-76(56)72(63)79(65)52-26-14-9-15-27-52)77(50-22-10-7-11-23-50)51-24-12-8-13-25-51/h7-48H,1-6H3. The van der Waals surface area contributed by atoms with E-state index < -0.39 is 0 Å². The second-order valence-corrected chi connectivity index (χ2v) is 23.8. The molecule has 3 aromatic heterocycles. The molecule has 0 spiro atoms. The second kappa shape index (κ2) is 18.4. The molecule has 5 heterocycles. The van der Waals surface area contributed by atoms with Crippen LogP contribution in [0.25, 0.3) is 38.2 Å². The van der Waals surface area contributed by atoms with Gasteiger partial charge < -0.3 is 23.5 Å². The molecule has 0 amide bonds. The predicted molar refractivity (Wildman–Crippen MR) is 343 cm³/mol. The normalized spacial score (nSPS) is 13.0. The minimum absolute atomic E-state index is 0.00970. The summed E-state index contributed by atoms with van der Waals surface area (Å²) in [5.41, 5.74) is 21.0. The third-order valence-corrected chi connectivity index (χ3v) is 16.8. The van der Waals surface area contributed by atoms with Gasteiger partial charge >= 0.3 is 0 Å². The van der Waals surface area contributed by atoms with E-state index >= 15 is 0 Å². The maximum absolute atomic E-state index is 7.02. The molecule has 10 aromatic carbocycles. The van der Waals surface area contributed by atoms with Crippen molar-refractivity contribution in [2.24, 2.45) is 0 Å². The molecule has 0 saturated heterocycles. The van der Waals surface area contributed by atoms with E-state index in [1.807, 2.05) is 0 Å². The fourth-order valence-corrected chi connectivity index (χ4v) is 13.1. The zero-order valence-electron chi connectivity index (χ0n) is 46.5. The van der Waals surface area contributed by atoms with Crippen LogP contribution in [0, 0.1) is 0 Å². The Hall–Kier alpha value is -9.72. The molecule has 0 N–H and O–H groups in total. The van der Waals surface area contributed by atoms with E-state index in [0.717, 1.165) is 95.8 Å². The van der Waals surface area contributed by atoms with Crippen LogP contribution in [-0.2, 0) is 10.8 Å². The Balaban J connectivity index is 1.01. The van der Waals surface area contributed by atoms with Gasteiger partial charge in [0.05, 0.1) is 11.4 Å². The molecular weight excluding hydrogens is 986 g/mol. The molecular formula is C74H60BN5O. The summed E-state index contributed by atoms with van der Waals surface area (Å²) >= 11 is 0. The molecule has 2 aliphatic heterocycles. The van der Waals surface area contributed by atoms with E-state index in [2.05, 4.69) is 320 Å². The maximum atomic E-state index is 7.02. The van der Waals surface area contributed by atoms with E-state index in [1.54, 1.807) is 0 Å². The fourth-order valence-electron chi connectivity index (χ4n) is 13.1. The summed E-state index contributed by atoms with van der Waals surface area (Å²) in [5.74, 6) is 1.12. The molecule has 0 saturated carbocycles. The highest BCUT2D eigenvalue weighted by Crippen LogP contribution is 2.50. The first-order valence-corrected chi connectivity index (χ1v) is 28.3. The van der Waals surface area contributed by atoms with Crippen molar-refractivity contribution in [3.05, 3.63) is 266 Å². The van der Waals surface area contributed by atoms with Gasteiger partial charge in [-0.25, -0.2) is 0 Å². The summed E-state index contributed by atoms with van der Waals surface area (Å²) < 4.78 is 9.42. The van der Waals surface area contributed by atoms with Crippen molar-refractivity contribution in [1.29, 1.82) is 0 Å². The first kappa shape index (κ1) is 48.4. The third-order valence-electron chi connectivity index (χ3n) is 16.8. The van der Waals surface area contributed by atoms with Gasteiger partial charge in [-0.05, 0) is 153 Å². The second-order valence-electron chi connectivity index (χ2n) is 23.8. The van der Waals surface area contributed by atoms with Crippen molar-refractivity contribution >= 4 is 130 Å². The molecule has 13 aromatic rings. The predicted octanol–water partition coefficient (Wildman–Crippen LogP) is 18.6. The Morgan fingerprint density at radius 3 is 1.68 bits per heavy atom. The van der Waals surface area contributed by atoms with E-state index in [9.17, 15) is 0 Å².